The van der Waals surface area contributed by atoms with Gasteiger partial charge in [-0.2, -0.15) is 0 Å². The van der Waals surface area contributed by atoms with Gasteiger partial charge in [0.1, 0.15) is 5.60 Å². The highest BCUT2D eigenvalue weighted by molar-refractivity contribution is 4.61. The van der Waals surface area contributed by atoms with E-state index in [0.29, 0.717) is 6.42 Å². The third kappa shape index (κ3) is 5.92. The maximum Gasteiger partial charge on any atom is 0.100 e. The lowest BCUT2D eigenvalue weighted by Gasteiger charge is -2.09. The number of rotatable bonds is 2. The zero-order chi connectivity index (χ0) is 5.91. The molecule has 0 unspecified atom stereocenters. The molecular formula is C5H11O2. The third-order valence-corrected chi connectivity index (χ3v) is 0.714. The fourth-order valence-electron chi connectivity index (χ4n) is 0.269. The van der Waals surface area contributed by atoms with E-state index in [-0.39, 0.29) is 6.61 Å². The Bertz CT molecular complexity index is 44.5. The largest absolute Gasteiger partial charge is 0.396 e. The van der Waals surface area contributed by atoms with Crippen LogP contribution < -0.4 is 0 Å². The van der Waals surface area contributed by atoms with E-state index in [1.165, 1.54) is 0 Å². The molecule has 0 rings (SSSR count). The molecule has 0 saturated carbocycles. The molecule has 0 spiro atoms. The molecule has 2 nitrogen and oxygen atoms in total. The van der Waals surface area contributed by atoms with Gasteiger partial charge in [-0.15, -0.1) is 0 Å². The molecular weight excluding hydrogens is 92.1 g/mol. The minimum atomic E-state index is -0.950. The van der Waals surface area contributed by atoms with Crippen LogP contribution in [0.15, 0.2) is 0 Å². The van der Waals surface area contributed by atoms with E-state index in [1.54, 1.807) is 13.8 Å². The van der Waals surface area contributed by atoms with Crippen LogP contribution in [0, 0.1) is 0 Å². The van der Waals surface area contributed by atoms with E-state index in [0.717, 1.165) is 0 Å². The second kappa shape index (κ2) is 2.28. The summed E-state index contributed by atoms with van der Waals surface area (Å²) in [5.74, 6) is 0. The predicted molar refractivity (Wildman–Crippen MR) is 26.5 cm³/mol. The number of hydrogen-bond donors (Lipinski definition) is 1. The Labute approximate surface area is 43.8 Å². The average molecular weight is 103 g/mol. The summed E-state index contributed by atoms with van der Waals surface area (Å²) in [4.78, 5) is 0. The molecule has 0 aromatic heterocycles. The van der Waals surface area contributed by atoms with Crippen molar-refractivity contribution in [2.24, 2.45) is 0 Å². The number of aliphatic hydroxyl groups is 1. The summed E-state index contributed by atoms with van der Waals surface area (Å²) >= 11 is 0. The van der Waals surface area contributed by atoms with Crippen molar-refractivity contribution in [2.75, 3.05) is 6.61 Å². The van der Waals surface area contributed by atoms with Gasteiger partial charge in [-0.05, 0) is 13.8 Å². The molecule has 0 amide bonds. The van der Waals surface area contributed by atoms with Crippen molar-refractivity contribution in [1.29, 1.82) is 0 Å². The van der Waals surface area contributed by atoms with Crippen LogP contribution in [0.3, 0.4) is 0 Å². The Morgan fingerprint density at radius 1 is 1.57 bits per heavy atom. The van der Waals surface area contributed by atoms with Gasteiger partial charge in [0, 0.05) is 13.0 Å². The van der Waals surface area contributed by atoms with Crippen molar-refractivity contribution >= 4 is 0 Å². The van der Waals surface area contributed by atoms with Crippen LogP contribution in [0.5, 0.6) is 0 Å². The summed E-state index contributed by atoms with van der Waals surface area (Å²) in [5.41, 5.74) is -0.950. The molecule has 0 aliphatic carbocycles. The molecule has 43 valence electrons. The predicted octanol–water partition coefficient (Wildman–Crippen LogP) is 0.578. The lowest BCUT2D eigenvalue weighted by molar-refractivity contribution is -0.0148. The van der Waals surface area contributed by atoms with Gasteiger partial charge >= 0.3 is 0 Å². The van der Waals surface area contributed by atoms with Crippen molar-refractivity contribution < 1.29 is 10.2 Å². The first-order valence-electron chi connectivity index (χ1n) is 2.37. The van der Waals surface area contributed by atoms with Crippen LogP contribution in [-0.2, 0) is 5.11 Å². The van der Waals surface area contributed by atoms with Crippen LogP contribution in [0.4, 0.5) is 0 Å². The van der Waals surface area contributed by atoms with Gasteiger partial charge in [-0.25, -0.2) is 5.11 Å². The standard InChI is InChI=1S/C5H11O2/c1-5(2,7)3-4-6/h6H,3-4H2,1-2H3. The molecule has 0 aliphatic rings. The monoisotopic (exact) mass is 103 g/mol. The van der Waals surface area contributed by atoms with Crippen LogP contribution >= 0.6 is 0 Å². The molecule has 1 radical (unpaired) electrons. The highest BCUT2D eigenvalue weighted by Gasteiger charge is 2.12. The minimum Gasteiger partial charge on any atom is -0.396 e. The number of aliphatic hydroxyl groups excluding tert-OH is 1. The molecule has 0 bridgehead atoms. The van der Waals surface area contributed by atoms with Gasteiger partial charge in [0.05, 0.1) is 0 Å². The summed E-state index contributed by atoms with van der Waals surface area (Å²) in [6.45, 7) is 3.11. The van der Waals surface area contributed by atoms with E-state index in [4.69, 9.17) is 5.11 Å². The summed E-state index contributed by atoms with van der Waals surface area (Å²) in [7, 11) is 0. The second-order valence-corrected chi connectivity index (χ2v) is 2.23. The molecule has 0 aromatic carbocycles. The van der Waals surface area contributed by atoms with Crippen molar-refractivity contribution in [2.45, 2.75) is 25.9 Å². The smallest absolute Gasteiger partial charge is 0.100 e. The summed E-state index contributed by atoms with van der Waals surface area (Å²) < 4.78 is 0. The zero-order valence-electron chi connectivity index (χ0n) is 4.77. The fraction of sp³-hybridized carbons (Fsp3) is 1.00. The van der Waals surface area contributed by atoms with E-state index in [1.807, 2.05) is 0 Å². The first-order valence-corrected chi connectivity index (χ1v) is 2.37. The Balaban J connectivity index is 3.15. The van der Waals surface area contributed by atoms with Crippen LogP contribution in [0.1, 0.15) is 20.3 Å². The lowest BCUT2D eigenvalue weighted by Crippen LogP contribution is -2.17. The molecule has 0 saturated heterocycles. The fourth-order valence-corrected chi connectivity index (χ4v) is 0.269. The summed E-state index contributed by atoms with van der Waals surface area (Å²) in [6.07, 6.45) is 0.340. The Hall–Kier alpha value is -0.0800. The number of hydrogen-bond acceptors (Lipinski definition) is 1. The first-order chi connectivity index (χ1) is 3.06. The van der Waals surface area contributed by atoms with Gasteiger partial charge in [-0.1, -0.05) is 0 Å². The van der Waals surface area contributed by atoms with Gasteiger partial charge in [-0.3, -0.25) is 0 Å². The molecule has 7 heavy (non-hydrogen) atoms. The van der Waals surface area contributed by atoms with Crippen molar-refractivity contribution in [1.82, 2.24) is 0 Å². The zero-order valence-corrected chi connectivity index (χ0v) is 4.77. The van der Waals surface area contributed by atoms with E-state index >= 15 is 0 Å². The molecule has 0 heterocycles. The van der Waals surface area contributed by atoms with Gasteiger partial charge < -0.3 is 5.11 Å². The molecule has 0 aliphatic heterocycles. The third-order valence-electron chi connectivity index (χ3n) is 0.714. The first kappa shape index (κ1) is 6.92. The SMILES string of the molecule is CC(C)([O])CCO. The summed E-state index contributed by atoms with van der Waals surface area (Å²) in [5, 5.41) is 18.7. The van der Waals surface area contributed by atoms with Crippen molar-refractivity contribution in [3.63, 3.8) is 0 Å². The Morgan fingerprint density at radius 2 is 2.00 bits per heavy atom. The van der Waals surface area contributed by atoms with Crippen LogP contribution in [0.2, 0.25) is 0 Å². The van der Waals surface area contributed by atoms with Gasteiger partial charge in [0.15, 0.2) is 0 Å². The summed E-state index contributed by atoms with van der Waals surface area (Å²) in [6, 6.07) is 0. The van der Waals surface area contributed by atoms with Crippen molar-refractivity contribution in [3.8, 4) is 0 Å². The van der Waals surface area contributed by atoms with Crippen LogP contribution in [-0.4, -0.2) is 17.3 Å². The topological polar surface area (TPSA) is 40.1 Å². The van der Waals surface area contributed by atoms with Crippen LogP contribution in [0.25, 0.3) is 0 Å². The Morgan fingerprint density at radius 3 is 2.00 bits per heavy atom. The lowest BCUT2D eigenvalue weighted by atomic mass is 10.1. The highest BCUT2D eigenvalue weighted by Crippen LogP contribution is 2.05. The molecule has 1 N–H and O–H groups in total. The van der Waals surface area contributed by atoms with E-state index < -0.39 is 5.60 Å². The quantitative estimate of drug-likeness (QED) is 0.545. The second-order valence-electron chi connectivity index (χ2n) is 2.23. The van der Waals surface area contributed by atoms with E-state index in [9.17, 15) is 5.11 Å². The normalized spacial score (nSPS) is 12.0. The maximum absolute atomic E-state index is 10.5. The molecule has 0 fully saturated rings. The highest BCUT2D eigenvalue weighted by atomic mass is 16.3. The van der Waals surface area contributed by atoms with Gasteiger partial charge in [0.25, 0.3) is 0 Å². The molecule has 0 aromatic rings. The molecule has 0 atom stereocenters. The average Bonchev–Trinajstić information content (AvgIpc) is 1.30. The molecule has 2 heteroatoms. The Kier molecular flexibility index (Phi) is 2.26. The van der Waals surface area contributed by atoms with E-state index in [2.05, 4.69) is 0 Å². The van der Waals surface area contributed by atoms with Gasteiger partial charge in [0.2, 0.25) is 0 Å². The maximum atomic E-state index is 10.5. The minimum absolute atomic E-state index is 0.00347. The van der Waals surface area contributed by atoms with Crippen molar-refractivity contribution in [3.05, 3.63) is 0 Å².